The van der Waals surface area contributed by atoms with Gasteiger partial charge in [0, 0.05) is 11.1 Å². The highest BCUT2D eigenvalue weighted by molar-refractivity contribution is 5.90. The number of benzene rings is 2. The SMILES string of the molecule is C=C(C)C(=O)OCCNC(=O)OCCOCCOc1cccc(C(=O)OCC(COc2ccccc2)OC(=O)NCCOC(=O)C(=C)C)c1. The zero-order valence-electron chi connectivity index (χ0n) is 27.6. The maximum absolute atomic E-state index is 12.8. The second-order valence-corrected chi connectivity index (χ2v) is 10.1. The Morgan fingerprint density at radius 2 is 1.24 bits per heavy atom. The fraction of sp³-hybridized carbons (Fsp3) is 0.382. The number of ether oxygens (including phenoxy) is 8. The van der Waals surface area contributed by atoms with Crippen molar-refractivity contribution >= 4 is 30.1 Å². The van der Waals surface area contributed by atoms with Gasteiger partial charge in [-0.3, -0.25) is 0 Å². The molecule has 15 heteroatoms. The number of alkyl carbamates (subject to hydrolysis) is 2. The molecular formula is C34H42N2O13. The summed E-state index contributed by atoms with van der Waals surface area (Å²) in [6.07, 6.45) is -2.48. The minimum Gasteiger partial charge on any atom is -0.491 e. The number of hydrogen-bond donors (Lipinski definition) is 2. The summed E-state index contributed by atoms with van der Waals surface area (Å²) < 4.78 is 42.2. The molecule has 0 saturated heterocycles. The summed E-state index contributed by atoms with van der Waals surface area (Å²) >= 11 is 0. The molecule has 0 bridgehead atoms. The minimum absolute atomic E-state index is 0.00759. The van der Waals surface area contributed by atoms with Crippen LogP contribution in [0.5, 0.6) is 11.5 Å². The number of carbonyl (C=O) groups is 5. The van der Waals surface area contributed by atoms with Gasteiger partial charge >= 0.3 is 30.1 Å². The third kappa shape index (κ3) is 17.8. The maximum atomic E-state index is 12.8. The normalized spacial score (nSPS) is 10.8. The van der Waals surface area contributed by atoms with Crippen LogP contribution in [-0.2, 0) is 38.0 Å². The molecule has 0 spiro atoms. The molecule has 0 aromatic heterocycles. The Bertz CT molecular complexity index is 1400. The van der Waals surface area contributed by atoms with Crippen molar-refractivity contribution in [1.29, 1.82) is 0 Å². The van der Waals surface area contributed by atoms with E-state index in [1.54, 1.807) is 36.4 Å². The van der Waals surface area contributed by atoms with Crippen LogP contribution in [0.2, 0.25) is 0 Å². The summed E-state index contributed by atoms with van der Waals surface area (Å²) in [4.78, 5) is 59.5. The first-order chi connectivity index (χ1) is 23.5. The fourth-order valence-corrected chi connectivity index (χ4v) is 3.38. The Labute approximate surface area is 284 Å². The molecule has 15 nitrogen and oxygen atoms in total. The van der Waals surface area contributed by atoms with Crippen LogP contribution in [0.4, 0.5) is 9.59 Å². The maximum Gasteiger partial charge on any atom is 0.407 e. The van der Waals surface area contributed by atoms with Crippen LogP contribution in [0, 0.1) is 0 Å². The topological polar surface area (TPSA) is 183 Å². The first-order valence-corrected chi connectivity index (χ1v) is 15.2. The Balaban J connectivity index is 1.73. The van der Waals surface area contributed by atoms with Crippen molar-refractivity contribution in [2.45, 2.75) is 20.0 Å². The molecule has 0 heterocycles. The number of para-hydroxylation sites is 1. The highest BCUT2D eigenvalue weighted by atomic mass is 16.6. The van der Waals surface area contributed by atoms with E-state index in [2.05, 4.69) is 23.8 Å². The number of esters is 3. The summed E-state index contributed by atoms with van der Waals surface area (Å²) in [5, 5.41) is 4.89. The zero-order chi connectivity index (χ0) is 35.9. The van der Waals surface area contributed by atoms with Crippen molar-refractivity contribution < 1.29 is 61.9 Å². The average Bonchev–Trinajstić information content (AvgIpc) is 3.09. The Morgan fingerprint density at radius 1 is 0.633 bits per heavy atom. The van der Waals surface area contributed by atoms with Crippen LogP contribution in [0.1, 0.15) is 24.2 Å². The summed E-state index contributed by atoms with van der Waals surface area (Å²) in [6, 6.07) is 15.1. The van der Waals surface area contributed by atoms with Gasteiger partial charge in [-0.15, -0.1) is 0 Å². The first-order valence-electron chi connectivity index (χ1n) is 15.2. The highest BCUT2D eigenvalue weighted by Gasteiger charge is 2.19. The van der Waals surface area contributed by atoms with Gasteiger partial charge in [0.15, 0.2) is 6.10 Å². The molecule has 2 N–H and O–H groups in total. The van der Waals surface area contributed by atoms with Crippen LogP contribution in [-0.4, -0.2) is 102 Å². The largest absolute Gasteiger partial charge is 0.491 e. The smallest absolute Gasteiger partial charge is 0.407 e. The standard InChI is InChI=1S/C34H42N2O13/c1-24(2)30(37)44-15-13-35-33(40)46-20-18-42-17-19-43-28-12-8-9-26(21-28)32(39)48-23-29(22-47-27-10-6-5-7-11-27)49-34(41)36-14-16-45-31(38)25(3)4/h5-12,21,29H,1,3,13-20,22-23H2,2,4H3,(H,35,40)(H,36,41). The van der Waals surface area contributed by atoms with Crippen molar-refractivity contribution in [3.63, 3.8) is 0 Å². The van der Waals surface area contributed by atoms with Crippen LogP contribution >= 0.6 is 0 Å². The molecule has 2 aromatic carbocycles. The highest BCUT2D eigenvalue weighted by Crippen LogP contribution is 2.15. The van der Waals surface area contributed by atoms with Crippen LogP contribution in [0.3, 0.4) is 0 Å². The molecule has 266 valence electrons. The lowest BCUT2D eigenvalue weighted by Gasteiger charge is -2.19. The molecule has 0 aliphatic heterocycles. The fourth-order valence-electron chi connectivity index (χ4n) is 3.38. The zero-order valence-corrected chi connectivity index (χ0v) is 27.6. The molecule has 0 aliphatic rings. The molecule has 0 saturated carbocycles. The lowest BCUT2D eigenvalue weighted by atomic mass is 10.2. The van der Waals surface area contributed by atoms with E-state index in [1.807, 2.05) is 6.07 Å². The van der Waals surface area contributed by atoms with Gasteiger partial charge < -0.3 is 48.5 Å². The molecule has 49 heavy (non-hydrogen) atoms. The number of amides is 2. The van der Waals surface area contributed by atoms with Gasteiger partial charge in [0.05, 0.1) is 31.9 Å². The second-order valence-electron chi connectivity index (χ2n) is 10.1. The predicted octanol–water partition coefficient (Wildman–Crippen LogP) is 3.38. The molecule has 0 fully saturated rings. The monoisotopic (exact) mass is 686 g/mol. The lowest BCUT2D eigenvalue weighted by molar-refractivity contribution is -0.139. The Kier molecular flexibility index (Phi) is 18.5. The van der Waals surface area contributed by atoms with Gasteiger partial charge in [-0.2, -0.15) is 0 Å². The molecule has 1 atom stereocenters. The van der Waals surface area contributed by atoms with E-state index in [-0.39, 0.29) is 82.7 Å². The van der Waals surface area contributed by atoms with Crippen LogP contribution in [0.15, 0.2) is 78.9 Å². The van der Waals surface area contributed by atoms with Gasteiger partial charge in [0.25, 0.3) is 0 Å². The molecule has 2 amide bonds. The van der Waals surface area contributed by atoms with E-state index < -0.39 is 36.2 Å². The molecular weight excluding hydrogens is 644 g/mol. The van der Waals surface area contributed by atoms with Gasteiger partial charge in [-0.05, 0) is 44.2 Å². The Morgan fingerprint density at radius 3 is 1.90 bits per heavy atom. The third-order valence-electron chi connectivity index (χ3n) is 5.79. The Hall–Kier alpha value is -5.57. The second kappa shape index (κ2) is 22.9. The summed E-state index contributed by atoms with van der Waals surface area (Å²) in [5.41, 5.74) is 0.688. The number of hydrogen-bond acceptors (Lipinski definition) is 13. The minimum atomic E-state index is -0.972. The molecule has 0 aliphatic carbocycles. The van der Waals surface area contributed by atoms with E-state index in [1.165, 1.54) is 26.0 Å². The number of rotatable bonds is 22. The van der Waals surface area contributed by atoms with E-state index in [9.17, 15) is 24.0 Å². The predicted molar refractivity (Wildman–Crippen MR) is 174 cm³/mol. The molecule has 2 rings (SSSR count). The van der Waals surface area contributed by atoms with Crippen molar-refractivity contribution in [2.75, 3.05) is 65.9 Å². The summed E-state index contributed by atoms with van der Waals surface area (Å²) in [6.45, 7) is 9.96. The van der Waals surface area contributed by atoms with Crippen LogP contribution < -0.4 is 20.1 Å². The quantitative estimate of drug-likeness (QED) is 0.0796. The van der Waals surface area contributed by atoms with E-state index >= 15 is 0 Å². The van der Waals surface area contributed by atoms with Crippen LogP contribution in [0.25, 0.3) is 0 Å². The van der Waals surface area contributed by atoms with E-state index in [0.29, 0.717) is 11.5 Å². The van der Waals surface area contributed by atoms with Gasteiger partial charge in [0.2, 0.25) is 0 Å². The van der Waals surface area contributed by atoms with Gasteiger partial charge in [0.1, 0.15) is 51.1 Å². The molecule has 0 radical (unpaired) electrons. The number of nitrogens with one attached hydrogen (secondary N) is 2. The van der Waals surface area contributed by atoms with Crippen molar-refractivity contribution in [3.05, 3.63) is 84.5 Å². The van der Waals surface area contributed by atoms with Crippen molar-refractivity contribution in [1.82, 2.24) is 10.6 Å². The number of carbonyl (C=O) groups excluding carboxylic acids is 5. The molecule has 1 unspecified atom stereocenters. The summed E-state index contributed by atoms with van der Waals surface area (Å²) in [7, 11) is 0. The third-order valence-corrected chi connectivity index (χ3v) is 5.79. The van der Waals surface area contributed by atoms with Crippen molar-refractivity contribution in [3.8, 4) is 11.5 Å². The average molecular weight is 687 g/mol. The van der Waals surface area contributed by atoms with Crippen molar-refractivity contribution in [2.24, 2.45) is 0 Å². The van der Waals surface area contributed by atoms with Gasteiger partial charge in [-0.25, -0.2) is 24.0 Å². The first kappa shape index (κ1) is 39.6. The van der Waals surface area contributed by atoms with E-state index in [0.717, 1.165) is 0 Å². The van der Waals surface area contributed by atoms with E-state index in [4.69, 9.17) is 37.9 Å². The lowest BCUT2D eigenvalue weighted by Crippen LogP contribution is -2.37. The molecule has 2 aromatic rings. The van der Waals surface area contributed by atoms with Gasteiger partial charge in [-0.1, -0.05) is 37.4 Å². The summed E-state index contributed by atoms with van der Waals surface area (Å²) in [5.74, 6) is -0.904.